The minimum Gasteiger partial charge on any atom is -0.303 e. The molecule has 1 aliphatic carbocycles. The van der Waals surface area contributed by atoms with Gasteiger partial charge in [0.2, 0.25) is 0 Å². The first-order valence-electron chi connectivity index (χ1n) is 5.47. The number of hydrogen-bond acceptors (Lipinski definition) is 1. The molecule has 1 nitrogen and oxygen atoms in total. The van der Waals surface area contributed by atoms with Crippen LogP contribution in [0.4, 0.5) is 0 Å². The molecule has 1 aliphatic rings. The third kappa shape index (κ3) is 2.35. The lowest BCUT2D eigenvalue weighted by atomic mass is 10.00. The van der Waals surface area contributed by atoms with Crippen molar-refractivity contribution in [3.8, 4) is 0 Å². The maximum absolute atomic E-state index is 6.24. The lowest BCUT2D eigenvalue weighted by Crippen LogP contribution is -2.43. The predicted octanol–water partition coefficient (Wildman–Crippen LogP) is 3.72. The Labute approximate surface area is 96.8 Å². The Morgan fingerprint density at radius 1 is 1.20 bits per heavy atom. The van der Waals surface area contributed by atoms with Crippen LogP contribution in [0.3, 0.4) is 0 Å². The number of benzene rings is 1. The molecule has 1 N–H and O–H groups in total. The molecule has 0 saturated heterocycles. The predicted molar refractivity (Wildman–Crippen MR) is 65.3 cm³/mol. The Hall–Kier alpha value is -0.530. The fourth-order valence-corrected chi connectivity index (χ4v) is 2.47. The molecule has 1 saturated carbocycles. The zero-order valence-corrected chi connectivity index (χ0v) is 10.4. The number of halogens is 1. The molecule has 0 bridgehead atoms. The molecule has 0 heterocycles. The molecule has 0 radical (unpaired) electrons. The topological polar surface area (TPSA) is 12.0 Å². The average Bonchev–Trinajstić information content (AvgIpc) is 2.83. The molecule has 15 heavy (non-hydrogen) atoms. The average molecular weight is 224 g/mol. The minimum absolute atomic E-state index is 0.135. The molecule has 82 valence electrons. The maximum Gasteiger partial charge on any atom is 0.0456 e. The van der Waals surface area contributed by atoms with Gasteiger partial charge in [-0.2, -0.15) is 0 Å². The first-order valence-corrected chi connectivity index (χ1v) is 5.85. The van der Waals surface area contributed by atoms with Gasteiger partial charge in [-0.05, 0) is 45.2 Å². The van der Waals surface area contributed by atoms with E-state index in [1.807, 2.05) is 12.1 Å². The summed E-state index contributed by atoms with van der Waals surface area (Å²) in [7, 11) is 0. The lowest BCUT2D eigenvalue weighted by Gasteiger charge is -2.29. The Morgan fingerprint density at radius 3 is 2.27 bits per heavy atom. The van der Waals surface area contributed by atoms with Crippen molar-refractivity contribution in [1.29, 1.82) is 0 Å². The van der Waals surface area contributed by atoms with Crippen LogP contribution < -0.4 is 5.32 Å². The summed E-state index contributed by atoms with van der Waals surface area (Å²) in [5.74, 6) is 0. The van der Waals surface area contributed by atoms with Crippen molar-refractivity contribution in [3.05, 3.63) is 34.9 Å². The van der Waals surface area contributed by atoms with Gasteiger partial charge in [0.05, 0.1) is 0 Å². The van der Waals surface area contributed by atoms with Gasteiger partial charge in [0, 0.05) is 16.1 Å². The summed E-state index contributed by atoms with van der Waals surface area (Å²) < 4.78 is 0. The molecule has 0 spiro atoms. The van der Waals surface area contributed by atoms with Gasteiger partial charge in [-0.1, -0.05) is 29.8 Å². The van der Waals surface area contributed by atoms with E-state index in [0.717, 1.165) is 5.02 Å². The zero-order chi connectivity index (χ0) is 11.1. The maximum atomic E-state index is 6.24. The van der Waals surface area contributed by atoms with E-state index in [9.17, 15) is 0 Å². The van der Waals surface area contributed by atoms with Crippen LogP contribution in [0.2, 0.25) is 5.02 Å². The van der Waals surface area contributed by atoms with Crippen LogP contribution in [-0.2, 0) is 5.54 Å². The highest BCUT2D eigenvalue weighted by atomic mass is 35.5. The quantitative estimate of drug-likeness (QED) is 0.806. The summed E-state index contributed by atoms with van der Waals surface area (Å²) in [5.41, 5.74) is 1.52. The van der Waals surface area contributed by atoms with E-state index in [2.05, 4.69) is 38.2 Å². The summed E-state index contributed by atoms with van der Waals surface area (Å²) in [5, 5.41) is 4.56. The van der Waals surface area contributed by atoms with Crippen molar-refractivity contribution >= 4 is 11.6 Å². The van der Waals surface area contributed by atoms with E-state index >= 15 is 0 Å². The highest BCUT2D eigenvalue weighted by molar-refractivity contribution is 6.31. The van der Waals surface area contributed by atoms with Crippen molar-refractivity contribution in [1.82, 2.24) is 5.32 Å². The first kappa shape index (κ1) is 11.0. The molecule has 1 aromatic carbocycles. The number of hydrogen-bond donors (Lipinski definition) is 1. The standard InChI is InChI=1S/C13H18ClN/c1-12(2,3)15-13(8-9-13)10-6-4-5-7-11(10)14/h4-7,15H,8-9H2,1-3H3. The van der Waals surface area contributed by atoms with Gasteiger partial charge >= 0.3 is 0 Å². The van der Waals surface area contributed by atoms with Gasteiger partial charge in [-0.25, -0.2) is 0 Å². The molecular formula is C13H18ClN. The van der Waals surface area contributed by atoms with Crippen LogP contribution in [0.25, 0.3) is 0 Å². The molecule has 0 amide bonds. The second kappa shape index (κ2) is 3.50. The second-order valence-electron chi connectivity index (χ2n) is 5.44. The first-order chi connectivity index (χ1) is 6.93. The zero-order valence-electron chi connectivity index (χ0n) is 9.60. The van der Waals surface area contributed by atoms with Crippen LogP contribution in [0.1, 0.15) is 39.2 Å². The monoisotopic (exact) mass is 223 g/mol. The van der Waals surface area contributed by atoms with E-state index in [1.54, 1.807) is 0 Å². The molecule has 0 unspecified atom stereocenters. The molecule has 0 aliphatic heterocycles. The van der Waals surface area contributed by atoms with Crippen molar-refractivity contribution < 1.29 is 0 Å². The van der Waals surface area contributed by atoms with Crippen LogP contribution in [0.15, 0.2) is 24.3 Å². The summed E-state index contributed by atoms with van der Waals surface area (Å²) in [6, 6.07) is 8.15. The van der Waals surface area contributed by atoms with E-state index < -0.39 is 0 Å². The number of nitrogens with one attached hydrogen (secondary N) is 1. The van der Waals surface area contributed by atoms with Gasteiger partial charge in [-0.15, -0.1) is 0 Å². The molecule has 0 atom stereocenters. The van der Waals surface area contributed by atoms with Crippen molar-refractivity contribution in [2.75, 3.05) is 0 Å². The Kier molecular flexibility index (Phi) is 2.56. The second-order valence-corrected chi connectivity index (χ2v) is 5.84. The van der Waals surface area contributed by atoms with Crippen LogP contribution in [0, 0.1) is 0 Å². The molecule has 1 fully saturated rings. The molecule has 2 rings (SSSR count). The summed E-state index contributed by atoms with van der Waals surface area (Å²) >= 11 is 6.24. The van der Waals surface area contributed by atoms with E-state index in [0.29, 0.717) is 0 Å². The van der Waals surface area contributed by atoms with Crippen molar-refractivity contribution in [2.45, 2.75) is 44.7 Å². The number of rotatable bonds is 2. The molecular weight excluding hydrogens is 206 g/mol. The minimum atomic E-state index is 0.135. The summed E-state index contributed by atoms with van der Waals surface area (Å²) in [4.78, 5) is 0. The summed E-state index contributed by atoms with van der Waals surface area (Å²) in [6.45, 7) is 6.59. The summed E-state index contributed by atoms with van der Waals surface area (Å²) in [6.07, 6.45) is 2.38. The normalized spacial score (nSPS) is 18.9. The molecule has 2 heteroatoms. The van der Waals surface area contributed by atoms with Crippen LogP contribution in [-0.4, -0.2) is 5.54 Å². The fraction of sp³-hybridized carbons (Fsp3) is 0.538. The van der Waals surface area contributed by atoms with Crippen molar-refractivity contribution in [2.24, 2.45) is 0 Å². The van der Waals surface area contributed by atoms with E-state index in [1.165, 1.54) is 18.4 Å². The van der Waals surface area contributed by atoms with E-state index in [-0.39, 0.29) is 11.1 Å². The van der Waals surface area contributed by atoms with Crippen LogP contribution >= 0.6 is 11.6 Å². The highest BCUT2D eigenvalue weighted by Crippen LogP contribution is 2.49. The Balaban J connectivity index is 2.27. The fourth-order valence-electron chi connectivity index (χ4n) is 2.15. The van der Waals surface area contributed by atoms with Gasteiger partial charge < -0.3 is 5.32 Å². The van der Waals surface area contributed by atoms with Crippen molar-refractivity contribution in [3.63, 3.8) is 0 Å². The third-order valence-electron chi connectivity index (χ3n) is 2.75. The lowest BCUT2D eigenvalue weighted by molar-refractivity contribution is 0.349. The van der Waals surface area contributed by atoms with Crippen LogP contribution in [0.5, 0.6) is 0 Å². The van der Waals surface area contributed by atoms with E-state index in [4.69, 9.17) is 11.6 Å². The smallest absolute Gasteiger partial charge is 0.0456 e. The van der Waals surface area contributed by atoms with Gasteiger partial charge in [0.25, 0.3) is 0 Å². The largest absolute Gasteiger partial charge is 0.303 e. The third-order valence-corrected chi connectivity index (χ3v) is 3.08. The molecule has 0 aromatic heterocycles. The van der Waals surface area contributed by atoms with Gasteiger partial charge in [0.15, 0.2) is 0 Å². The molecule has 1 aromatic rings. The Morgan fingerprint density at radius 2 is 1.80 bits per heavy atom. The van der Waals surface area contributed by atoms with Gasteiger partial charge in [0.1, 0.15) is 0 Å². The SMILES string of the molecule is CC(C)(C)NC1(c2ccccc2Cl)CC1. The van der Waals surface area contributed by atoms with Gasteiger partial charge in [-0.3, -0.25) is 0 Å². The Bertz CT molecular complexity index is 361. The highest BCUT2D eigenvalue weighted by Gasteiger charge is 2.47.